The lowest BCUT2D eigenvalue weighted by atomic mass is 9.79. The van der Waals surface area contributed by atoms with Crippen molar-refractivity contribution in [1.29, 1.82) is 0 Å². The molecule has 1 rings (SSSR count). The summed E-state index contributed by atoms with van der Waals surface area (Å²) in [6.07, 6.45) is 8.55. The molecule has 0 spiro atoms. The zero-order chi connectivity index (χ0) is 14.0. The Morgan fingerprint density at radius 3 is 2.47 bits per heavy atom. The van der Waals surface area contributed by atoms with Gasteiger partial charge in [-0.2, -0.15) is 0 Å². The quantitative estimate of drug-likeness (QED) is 0.525. The van der Waals surface area contributed by atoms with Crippen LogP contribution in [-0.4, -0.2) is 32.2 Å². The summed E-state index contributed by atoms with van der Waals surface area (Å²) in [4.78, 5) is 12.4. The van der Waals surface area contributed by atoms with Crippen molar-refractivity contribution in [2.45, 2.75) is 58.3 Å². The Hall–Kier alpha value is -0.610. The number of rotatable bonds is 8. The van der Waals surface area contributed by atoms with Crippen LogP contribution in [0.15, 0.2) is 0 Å². The average molecular weight is 270 g/mol. The maximum atomic E-state index is 12.4. The van der Waals surface area contributed by atoms with E-state index in [0.717, 1.165) is 51.7 Å². The van der Waals surface area contributed by atoms with E-state index in [-0.39, 0.29) is 11.3 Å². The Morgan fingerprint density at radius 2 is 1.89 bits per heavy atom. The predicted octanol–water partition coefficient (Wildman–Crippen LogP) is 2.22. The molecule has 0 aromatic rings. The molecule has 0 saturated heterocycles. The van der Waals surface area contributed by atoms with Crippen LogP contribution in [0.2, 0.25) is 0 Å². The van der Waals surface area contributed by atoms with E-state index >= 15 is 0 Å². The molecule has 0 radical (unpaired) electrons. The van der Waals surface area contributed by atoms with Gasteiger partial charge in [-0.3, -0.25) is 4.79 Å². The van der Waals surface area contributed by atoms with E-state index in [0.29, 0.717) is 13.1 Å². The average Bonchev–Trinajstić information content (AvgIpc) is 2.68. The summed E-state index contributed by atoms with van der Waals surface area (Å²) in [5, 5.41) is 3.05. The Balaban J connectivity index is 2.28. The number of nitrogens with one attached hydrogen (secondary N) is 1. The van der Waals surface area contributed by atoms with Gasteiger partial charge in [-0.1, -0.05) is 32.6 Å². The lowest BCUT2D eigenvalue weighted by molar-refractivity contribution is -0.131. The van der Waals surface area contributed by atoms with E-state index in [4.69, 9.17) is 10.5 Å². The van der Waals surface area contributed by atoms with E-state index in [1.807, 2.05) is 0 Å². The molecule has 0 unspecified atom stereocenters. The monoisotopic (exact) mass is 270 g/mol. The maximum absolute atomic E-state index is 12.4. The third kappa shape index (κ3) is 5.49. The van der Waals surface area contributed by atoms with Gasteiger partial charge in [0.15, 0.2) is 0 Å². The van der Waals surface area contributed by atoms with Crippen LogP contribution in [0.5, 0.6) is 0 Å². The third-order valence-electron chi connectivity index (χ3n) is 4.03. The predicted molar refractivity (Wildman–Crippen MR) is 77.9 cm³/mol. The summed E-state index contributed by atoms with van der Waals surface area (Å²) in [6.45, 7) is 4.80. The Labute approximate surface area is 117 Å². The number of nitrogens with two attached hydrogens (primary N) is 1. The van der Waals surface area contributed by atoms with Crippen molar-refractivity contribution in [2.24, 2.45) is 11.1 Å². The molecule has 1 amide bonds. The smallest absolute Gasteiger partial charge is 0.227 e. The SMILES string of the molecule is CCCOCCCNC(=O)C1(CN)CCCCCC1. The molecule has 1 aliphatic carbocycles. The Morgan fingerprint density at radius 1 is 1.21 bits per heavy atom. The molecule has 19 heavy (non-hydrogen) atoms. The molecule has 0 aromatic carbocycles. The van der Waals surface area contributed by atoms with E-state index in [1.165, 1.54) is 12.8 Å². The van der Waals surface area contributed by atoms with E-state index in [9.17, 15) is 4.79 Å². The van der Waals surface area contributed by atoms with Crippen LogP contribution in [0.25, 0.3) is 0 Å². The lowest BCUT2D eigenvalue weighted by Crippen LogP contribution is -2.46. The fraction of sp³-hybridized carbons (Fsp3) is 0.933. The van der Waals surface area contributed by atoms with Crippen LogP contribution in [-0.2, 0) is 9.53 Å². The summed E-state index contributed by atoms with van der Waals surface area (Å²) >= 11 is 0. The van der Waals surface area contributed by atoms with E-state index < -0.39 is 0 Å². The Kier molecular flexibility index (Phi) is 8.07. The standard InChI is InChI=1S/C15H30N2O2/c1-2-11-19-12-7-10-17-14(18)15(13-16)8-5-3-4-6-9-15/h2-13,16H2,1H3,(H,17,18). The minimum atomic E-state index is -0.305. The van der Waals surface area contributed by atoms with Crippen LogP contribution in [0, 0.1) is 5.41 Å². The summed E-state index contributed by atoms with van der Waals surface area (Å²) < 4.78 is 5.41. The van der Waals surface area contributed by atoms with E-state index in [1.54, 1.807) is 0 Å². The molecule has 1 aliphatic rings. The summed E-state index contributed by atoms with van der Waals surface area (Å²) in [5.41, 5.74) is 5.59. The van der Waals surface area contributed by atoms with Crippen molar-refractivity contribution in [3.63, 3.8) is 0 Å². The van der Waals surface area contributed by atoms with Gasteiger partial charge in [-0.25, -0.2) is 0 Å². The molecule has 4 nitrogen and oxygen atoms in total. The number of ether oxygens (including phenoxy) is 1. The first kappa shape index (κ1) is 16.4. The minimum absolute atomic E-state index is 0.160. The van der Waals surface area contributed by atoms with Crippen molar-refractivity contribution < 1.29 is 9.53 Å². The first-order chi connectivity index (χ1) is 9.25. The highest BCUT2D eigenvalue weighted by molar-refractivity contribution is 5.82. The molecule has 1 saturated carbocycles. The first-order valence-electron chi connectivity index (χ1n) is 7.81. The number of hydrogen-bond donors (Lipinski definition) is 2. The summed E-state index contributed by atoms with van der Waals surface area (Å²) in [6, 6.07) is 0. The van der Waals surface area contributed by atoms with Crippen LogP contribution < -0.4 is 11.1 Å². The second-order valence-corrected chi connectivity index (χ2v) is 5.62. The topological polar surface area (TPSA) is 64.3 Å². The summed E-state index contributed by atoms with van der Waals surface area (Å²) in [5.74, 6) is 0.160. The molecule has 3 N–H and O–H groups in total. The van der Waals surface area contributed by atoms with Gasteiger partial charge in [0.1, 0.15) is 0 Å². The second kappa shape index (κ2) is 9.32. The normalized spacial score (nSPS) is 18.8. The van der Waals surface area contributed by atoms with Crippen LogP contribution >= 0.6 is 0 Å². The van der Waals surface area contributed by atoms with E-state index in [2.05, 4.69) is 12.2 Å². The van der Waals surface area contributed by atoms with Gasteiger partial charge in [0, 0.05) is 26.3 Å². The third-order valence-corrected chi connectivity index (χ3v) is 4.03. The second-order valence-electron chi connectivity index (χ2n) is 5.62. The highest BCUT2D eigenvalue weighted by atomic mass is 16.5. The zero-order valence-electron chi connectivity index (χ0n) is 12.4. The molecule has 0 bridgehead atoms. The fourth-order valence-corrected chi connectivity index (χ4v) is 2.74. The molecule has 0 aliphatic heterocycles. The molecule has 0 atom stereocenters. The van der Waals surface area contributed by atoms with Crippen molar-refractivity contribution in [2.75, 3.05) is 26.3 Å². The summed E-state index contributed by atoms with van der Waals surface area (Å²) in [7, 11) is 0. The van der Waals surface area contributed by atoms with Crippen molar-refractivity contribution in [1.82, 2.24) is 5.32 Å². The van der Waals surface area contributed by atoms with Gasteiger partial charge in [-0.05, 0) is 25.7 Å². The van der Waals surface area contributed by atoms with Gasteiger partial charge in [0.25, 0.3) is 0 Å². The number of amides is 1. The van der Waals surface area contributed by atoms with Crippen LogP contribution in [0.3, 0.4) is 0 Å². The first-order valence-corrected chi connectivity index (χ1v) is 7.81. The van der Waals surface area contributed by atoms with Gasteiger partial charge in [0.2, 0.25) is 5.91 Å². The van der Waals surface area contributed by atoms with Crippen LogP contribution in [0.4, 0.5) is 0 Å². The van der Waals surface area contributed by atoms with Crippen molar-refractivity contribution in [3.05, 3.63) is 0 Å². The molecule has 0 heterocycles. The number of hydrogen-bond acceptors (Lipinski definition) is 3. The molecule has 1 fully saturated rings. The zero-order valence-corrected chi connectivity index (χ0v) is 12.4. The largest absolute Gasteiger partial charge is 0.381 e. The van der Waals surface area contributed by atoms with Gasteiger partial charge >= 0.3 is 0 Å². The number of carbonyl (C=O) groups excluding carboxylic acids is 1. The van der Waals surface area contributed by atoms with Gasteiger partial charge in [-0.15, -0.1) is 0 Å². The minimum Gasteiger partial charge on any atom is -0.381 e. The van der Waals surface area contributed by atoms with Crippen molar-refractivity contribution in [3.8, 4) is 0 Å². The Bertz CT molecular complexity index is 249. The fourth-order valence-electron chi connectivity index (χ4n) is 2.74. The molecule has 112 valence electrons. The molecular weight excluding hydrogens is 240 g/mol. The lowest BCUT2D eigenvalue weighted by Gasteiger charge is -2.29. The van der Waals surface area contributed by atoms with Crippen LogP contribution in [0.1, 0.15) is 58.3 Å². The maximum Gasteiger partial charge on any atom is 0.227 e. The number of carbonyl (C=O) groups is 1. The highest BCUT2D eigenvalue weighted by Crippen LogP contribution is 2.34. The highest BCUT2D eigenvalue weighted by Gasteiger charge is 2.36. The molecule has 4 heteroatoms. The van der Waals surface area contributed by atoms with Gasteiger partial charge in [0.05, 0.1) is 5.41 Å². The molecule has 0 aromatic heterocycles. The molecular formula is C15H30N2O2. The van der Waals surface area contributed by atoms with Crippen molar-refractivity contribution >= 4 is 5.91 Å². The van der Waals surface area contributed by atoms with Gasteiger partial charge < -0.3 is 15.8 Å².